The van der Waals surface area contributed by atoms with Gasteiger partial charge in [-0.3, -0.25) is 9.78 Å². The predicted molar refractivity (Wildman–Crippen MR) is 82.9 cm³/mol. The summed E-state index contributed by atoms with van der Waals surface area (Å²) in [6.45, 7) is 3.17. The normalized spacial score (nSPS) is 16.7. The molecule has 1 atom stereocenters. The zero-order valence-electron chi connectivity index (χ0n) is 12.1. The van der Waals surface area contributed by atoms with Crippen LogP contribution in [0.4, 0.5) is 5.69 Å². The molecular formula is C17H19N3O. The SMILES string of the molecule is Cc1ccc(CNC(=O)C2CNc3ccccc3C2)cn1. The van der Waals surface area contributed by atoms with Gasteiger partial charge in [0.05, 0.1) is 5.92 Å². The summed E-state index contributed by atoms with van der Waals surface area (Å²) in [6.07, 6.45) is 2.60. The number of para-hydroxylation sites is 1. The minimum Gasteiger partial charge on any atom is -0.384 e. The van der Waals surface area contributed by atoms with Crippen LogP contribution in [0.1, 0.15) is 16.8 Å². The van der Waals surface area contributed by atoms with Crippen molar-refractivity contribution in [3.8, 4) is 0 Å². The van der Waals surface area contributed by atoms with Gasteiger partial charge >= 0.3 is 0 Å². The first-order valence-electron chi connectivity index (χ1n) is 7.23. The fourth-order valence-electron chi connectivity index (χ4n) is 2.56. The number of anilines is 1. The summed E-state index contributed by atoms with van der Waals surface area (Å²) in [5, 5.41) is 6.33. The molecule has 4 heteroatoms. The van der Waals surface area contributed by atoms with Gasteiger partial charge in [0, 0.05) is 30.7 Å². The van der Waals surface area contributed by atoms with Gasteiger partial charge < -0.3 is 10.6 Å². The Morgan fingerprint density at radius 1 is 1.33 bits per heavy atom. The summed E-state index contributed by atoms with van der Waals surface area (Å²) < 4.78 is 0. The summed E-state index contributed by atoms with van der Waals surface area (Å²) in [6, 6.07) is 12.1. The van der Waals surface area contributed by atoms with E-state index >= 15 is 0 Å². The molecule has 2 aromatic rings. The van der Waals surface area contributed by atoms with Crippen LogP contribution < -0.4 is 10.6 Å². The standard InChI is InChI=1S/C17H19N3O/c1-12-6-7-13(9-18-12)10-20-17(21)15-8-14-4-2-3-5-16(14)19-11-15/h2-7,9,15,19H,8,10-11H2,1H3,(H,20,21). The molecule has 0 spiro atoms. The maximum atomic E-state index is 12.3. The van der Waals surface area contributed by atoms with Crippen molar-refractivity contribution >= 4 is 11.6 Å². The monoisotopic (exact) mass is 281 g/mol. The van der Waals surface area contributed by atoms with E-state index in [4.69, 9.17) is 0 Å². The van der Waals surface area contributed by atoms with Crippen molar-refractivity contribution in [2.24, 2.45) is 5.92 Å². The largest absolute Gasteiger partial charge is 0.384 e. The van der Waals surface area contributed by atoms with Gasteiger partial charge in [-0.05, 0) is 36.6 Å². The molecule has 0 aliphatic carbocycles. The maximum Gasteiger partial charge on any atom is 0.225 e. The highest BCUT2D eigenvalue weighted by molar-refractivity contribution is 5.80. The minimum atomic E-state index is -0.0155. The zero-order valence-corrected chi connectivity index (χ0v) is 12.1. The van der Waals surface area contributed by atoms with E-state index in [0.29, 0.717) is 13.1 Å². The number of rotatable bonds is 3. The molecule has 1 aromatic carbocycles. The van der Waals surface area contributed by atoms with Gasteiger partial charge in [-0.2, -0.15) is 0 Å². The number of fused-ring (bicyclic) bond motifs is 1. The molecule has 0 bridgehead atoms. The van der Waals surface area contributed by atoms with E-state index in [1.807, 2.05) is 37.4 Å². The molecule has 0 saturated carbocycles. The highest BCUT2D eigenvalue weighted by Crippen LogP contribution is 2.24. The molecule has 0 saturated heterocycles. The Balaban J connectivity index is 1.58. The van der Waals surface area contributed by atoms with Crippen LogP contribution in [0.2, 0.25) is 0 Å². The Hall–Kier alpha value is -2.36. The molecular weight excluding hydrogens is 262 g/mol. The second-order valence-corrected chi connectivity index (χ2v) is 5.46. The number of carbonyl (C=O) groups is 1. The van der Waals surface area contributed by atoms with Gasteiger partial charge in [0.2, 0.25) is 5.91 Å². The molecule has 1 unspecified atom stereocenters. The van der Waals surface area contributed by atoms with Crippen LogP contribution in [0.15, 0.2) is 42.6 Å². The van der Waals surface area contributed by atoms with Crippen LogP contribution in [-0.2, 0) is 17.8 Å². The van der Waals surface area contributed by atoms with E-state index in [1.54, 1.807) is 0 Å². The average Bonchev–Trinajstić information content (AvgIpc) is 2.53. The smallest absolute Gasteiger partial charge is 0.225 e. The van der Waals surface area contributed by atoms with Crippen LogP contribution in [0, 0.1) is 12.8 Å². The van der Waals surface area contributed by atoms with E-state index in [-0.39, 0.29) is 11.8 Å². The van der Waals surface area contributed by atoms with Crippen LogP contribution >= 0.6 is 0 Å². The lowest BCUT2D eigenvalue weighted by atomic mass is 9.93. The number of amides is 1. The number of hydrogen-bond acceptors (Lipinski definition) is 3. The Morgan fingerprint density at radius 2 is 2.19 bits per heavy atom. The molecule has 4 nitrogen and oxygen atoms in total. The number of nitrogens with zero attached hydrogens (tertiary/aromatic N) is 1. The molecule has 0 fully saturated rings. The van der Waals surface area contributed by atoms with Crippen molar-refractivity contribution < 1.29 is 4.79 Å². The molecule has 3 rings (SSSR count). The summed E-state index contributed by atoms with van der Waals surface area (Å²) in [7, 11) is 0. The van der Waals surface area contributed by atoms with E-state index < -0.39 is 0 Å². The van der Waals surface area contributed by atoms with E-state index in [9.17, 15) is 4.79 Å². The zero-order chi connectivity index (χ0) is 14.7. The molecule has 108 valence electrons. The fraction of sp³-hybridized carbons (Fsp3) is 0.294. The van der Waals surface area contributed by atoms with Crippen LogP contribution in [0.5, 0.6) is 0 Å². The first-order valence-corrected chi connectivity index (χ1v) is 7.23. The van der Waals surface area contributed by atoms with Crippen molar-refractivity contribution in [3.05, 3.63) is 59.4 Å². The highest BCUT2D eigenvalue weighted by atomic mass is 16.1. The van der Waals surface area contributed by atoms with Gasteiger partial charge in [0.1, 0.15) is 0 Å². The molecule has 0 radical (unpaired) electrons. The molecule has 2 N–H and O–H groups in total. The fourth-order valence-corrected chi connectivity index (χ4v) is 2.56. The van der Waals surface area contributed by atoms with Gasteiger partial charge in [-0.1, -0.05) is 24.3 Å². The van der Waals surface area contributed by atoms with E-state index in [1.165, 1.54) is 5.56 Å². The second kappa shape index (κ2) is 5.95. The first kappa shape index (κ1) is 13.6. The lowest BCUT2D eigenvalue weighted by Gasteiger charge is -2.25. The van der Waals surface area contributed by atoms with Crippen molar-refractivity contribution in [2.75, 3.05) is 11.9 Å². The Morgan fingerprint density at radius 3 is 3.00 bits per heavy atom. The molecule has 1 amide bonds. The van der Waals surface area contributed by atoms with Gasteiger partial charge in [0.15, 0.2) is 0 Å². The quantitative estimate of drug-likeness (QED) is 0.907. The molecule has 1 aliphatic rings. The number of nitrogens with one attached hydrogen (secondary N) is 2. The lowest BCUT2D eigenvalue weighted by molar-refractivity contribution is -0.124. The van der Waals surface area contributed by atoms with Crippen molar-refractivity contribution in [3.63, 3.8) is 0 Å². The van der Waals surface area contributed by atoms with Crippen molar-refractivity contribution in [1.82, 2.24) is 10.3 Å². The predicted octanol–water partition coefficient (Wildman–Crippen LogP) is 2.29. The molecule has 21 heavy (non-hydrogen) atoms. The highest BCUT2D eigenvalue weighted by Gasteiger charge is 2.23. The second-order valence-electron chi connectivity index (χ2n) is 5.46. The molecule has 1 aliphatic heterocycles. The number of pyridine rings is 1. The Labute approximate surface area is 124 Å². The van der Waals surface area contributed by atoms with Crippen LogP contribution in [-0.4, -0.2) is 17.4 Å². The summed E-state index contributed by atoms with van der Waals surface area (Å²) in [5.74, 6) is 0.0795. The number of hydrogen-bond donors (Lipinski definition) is 2. The van der Waals surface area contributed by atoms with Crippen LogP contribution in [0.3, 0.4) is 0 Å². The number of aromatic nitrogens is 1. The van der Waals surface area contributed by atoms with E-state index in [2.05, 4.69) is 27.8 Å². The van der Waals surface area contributed by atoms with Crippen molar-refractivity contribution in [1.29, 1.82) is 0 Å². The van der Waals surface area contributed by atoms with Crippen LogP contribution in [0.25, 0.3) is 0 Å². The number of benzene rings is 1. The third-order valence-electron chi connectivity index (χ3n) is 3.83. The number of aryl methyl sites for hydroxylation is 1. The summed E-state index contributed by atoms with van der Waals surface area (Å²) in [5.41, 5.74) is 4.36. The van der Waals surface area contributed by atoms with E-state index in [0.717, 1.165) is 23.4 Å². The summed E-state index contributed by atoms with van der Waals surface area (Å²) >= 11 is 0. The minimum absolute atomic E-state index is 0.0155. The molecule has 1 aromatic heterocycles. The average molecular weight is 281 g/mol. The summed E-state index contributed by atoms with van der Waals surface area (Å²) in [4.78, 5) is 16.5. The third kappa shape index (κ3) is 3.21. The third-order valence-corrected chi connectivity index (χ3v) is 3.83. The lowest BCUT2D eigenvalue weighted by Crippen LogP contribution is -2.37. The first-order chi connectivity index (χ1) is 10.2. The topological polar surface area (TPSA) is 54.0 Å². The maximum absolute atomic E-state index is 12.3. The number of carbonyl (C=O) groups excluding carboxylic acids is 1. The van der Waals surface area contributed by atoms with Crippen molar-refractivity contribution in [2.45, 2.75) is 19.9 Å². The Kier molecular flexibility index (Phi) is 3.86. The Bertz CT molecular complexity index is 637. The van der Waals surface area contributed by atoms with Gasteiger partial charge in [0.25, 0.3) is 0 Å². The van der Waals surface area contributed by atoms with Gasteiger partial charge in [-0.25, -0.2) is 0 Å². The molecule has 2 heterocycles. The van der Waals surface area contributed by atoms with Gasteiger partial charge in [-0.15, -0.1) is 0 Å².